The highest BCUT2D eigenvalue weighted by Crippen LogP contribution is 2.38. The Labute approximate surface area is 84.3 Å². The first-order valence-electron chi connectivity index (χ1n) is 4.22. The second-order valence-corrected chi connectivity index (χ2v) is 3.53. The molecule has 1 atom stereocenters. The van der Waals surface area contributed by atoms with E-state index in [2.05, 4.69) is 0 Å². The van der Waals surface area contributed by atoms with E-state index in [1.54, 1.807) is 0 Å². The largest absolute Gasteiger partial charge is 0.421 e. The van der Waals surface area contributed by atoms with Gasteiger partial charge in [-0.25, -0.2) is 4.39 Å². The molecule has 0 aliphatic heterocycles. The van der Waals surface area contributed by atoms with Gasteiger partial charge in [0.15, 0.2) is 5.60 Å². The Morgan fingerprint density at radius 3 is 2.13 bits per heavy atom. The van der Waals surface area contributed by atoms with Crippen molar-refractivity contribution in [1.29, 1.82) is 0 Å². The van der Waals surface area contributed by atoms with Crippen LogP contribution in [-0.2, 0) is 5.60 Å². The molecule has 15 heavy (non-hydrogen) atoms. The van der Waals surface area contributed by atoms with Gasteiger partial charge in [-0.1, -0.05) is 6.07 Å². The van der Waals surface area contributed by atoms with Crippen molar-refractivity contribution in [2.24, 2.45) is 0 Å². The van der Waals surface area contributed by atoms with Crippen LogP contribution in [-0.4, -0.2) is 11.3 Å². The van der Waals surface area contributed by atoms with Crippen LogP contribution in [0.2, 0.25) is 0 Å². The number of alkyl halides is 3. The van der Waals surface area contributed by atoms with Crippen LogP contribution < -0.4 is 0 Å². The Balaban J connectivity index is 3.22. The molecule has 0 fully saturated rings. The zero-order valence-electron chi connectivity index (χ0n) is 8.19. The van der Waals surface area contributed by atoms with E-state index < -0.39 is 17.6 Å². The highest BCUT2D eigenvalue weighted by atomic mass is 19.4. The third-order valence-corrected chi connectivity index (χ3v) is 2.27. The van der Waals surface area contributed by atoms with Gasteiger partial charge in [0.05, 0.1) is 0 Å². The van der Waals surface area contributed by atoms with E-state index in [4.69, 9.17) is 0 Å². The Kier molecular flexibility index (Phi) is 2.78. The number of rotatable bonds is 1. The third kappa shape index (κ3) is 2.12. The highest BCUT2D eigenvalue weighted by Gasteiger charge is 2.51. The van der Waals surface area contributed by atoms with Crippen LogP contribution in [0.25, 0.3) is 0 Å². The lowest BCUT2D eigenvalue weighted by Crippen LogP contribution is -2.39. The summed E-state index contributed by atoms with van der Waals surface area (Å²) in [6, 6.07) is 2.82. The molecule has 1 N–H and O–H groups in total. The summed E-state index contributed by atoms with van der Waals surface area (Å²) in [6.45, 7) is 1.98. The van der Waals surface area contributed by atoms with Crippen molar-refractivity contribution in [3.8, 4) is 0 Å². The van der Waals surface area contributed by atoms with Gasteiger partial charge in [0.2, 0.25) is 0 Å². The van der Waals surface area contributed by atoms with E-state index in [-0.39, 0.29) is 11.1 Å². The van der Waals surface area contributed by atoms with E-state index in [9.17, 15) is 22.7 Å². The fraction of sp³-hybridized carbons (Fsp3) is 0.400. The number of hydrogen-bond donors (Lipinski definition) is 1. The molecule has 0 aliphatic carbocycles. The molecule has 1 aromatic carbocycles. The second-order valence-electron chi connectivity index (χ2n) is 3.53. The van der Waals surface area contributed by atoms with Crippen LogP contribution in [0, 0.1) is 12.7 Å². The molecule has 0 amide bonds. The average molecular weight is 222 g/mol. The van der Waals surface area contributed by atoms with Crippen LogP contribution in [0.5, 0.6) is 0 Å². The number of halogens is 4. The molecular formula is C10H10F4O. The number of aryl methyl sites for hydroxylation is 1. The smallest absolute Gasteiger partial charge is 0.376 e. The molecule has 1 unspecified atom stereocenters. The van der Waals surface area contributed by atoms with E-state index in [1.807, 2.05) is 0 Å². The normalized spacial score (nSPS) is 16.2. The Bertz CT molecular complexity index is 368. The van der Waals surface area contributed by atoms with Gasteiger partial charge < -0.3 is 5.11 Å². The maximum absolute atomic E-state index is 12.8. The summed E-state index contributed by atoms with van der Waals surface area (Å²) in [5.74, 6) is -0.600. The van der Waals surface area contributed by atoms with Crippen molar-refractivity contribution in [3.05, 3.63) is 35.1 Å². The maximum Gasteiger partial charge on any atom is 0.421 e. The number of hydrogen-bond acceptors (Lipinski definition) is 1. The van der Waals surface area contributed by atoms with Gasteiger partial charge in [0.1, 0.15) is 5.82 Å². The van der Waals surface area contributed by atoms with Crippen LogP contribution in [0.15, 0.2) is 18.2 Å². The molecular weight excluding hydrogens is 212 g/mol. The Morgan fingerprint density at radius 2 is 1.73 bits per heavy atom. The van der Waals surface area contributed by atoms with Gasteiger partial charge in [-0.05, 0) is 37.1 Å². The molecule has 0 spiro atoms. The van der Waals surface area contributed by atoms with Crippen molar-refractivity contribution in [2.75, 3.05) is 0 Å². The molecule has 0 saturated heterocycles. The monoisotopic (exact) mass is 222 g/mol. The lowest BCUT2D eigenvalue weighted by Gasteiger charge is -2.26. The summed E-state index contributed by atoms with van der Waals surface area (Å²) in [7, 11) is 0. The highest BCUT2D eigenvalue weighted by molar-refractivity contribution is 5.29. The molecule has 0 bridgehead atoms. The maximum atomic E-state index is 12.8. The summed E-state index contributed by atoms with van der Waals surface area (Å²) in [5, 5.41) is 9.29. The Hall–Kier alpha value is -1.10. The molecule has 1 aromatic rings. The zero-order chi connectivity index (χ0) is 11.9. The van der Waals surface area contributed by atoms with Crippen LogP contribution >= 0.6 is 0 Å². The fourth-order valence-corrected chi connectivity index (χ4v) is 1.11. The van der Waals surface area contributed by atoms with Crippen molar-refractivity contribution in [1.82, 2.24) is 0 Å². The standard InChI is InChI=1S/C10H10F4O/c1-6-5-7(3-4-8(6)11)9(2,15)10(12,13)14/h3-5,15H,1-2H3. The van der Waals surface area contributed by atoms with E-state index >= 15 is 0 Å². The molecule has 0 heterocycles. The molecule has 0 radical (unpaired) electrons. The fourth-order valence-electron chi connectivity index (χ4n) is 1.11. The molecule has 0 aliphatic rings. The molecule has 84 valence electrons. The molecule has 0 aromatic heterocycles. The first-order chi connectivity index (χ1) is 6.66. The Morgan fingerprint density at radius 1 is 1.20 bits per heavy atom. The van der Waals surface area contributed by atoms with E-state index in [0.29, 0.717) is 6.92 Å². The van der Waals surface area contributed by atoms with Crippen LogP contribution in [0.1, 0.15) is 18.1 Å². The summed E-state index contributed by atoms with van der Waals surface area (Å²) in [4.78, 5) is 0. The molecule has 1 nitrogen and oxygen atoms in total. The first kappa shape index (κ1) is 12.0. The van der Waals surface area contributed by atoms with Gasteiger partial charge in [-0.3, -0.25) is 0 Å². The minimum absolute atomic E-state index is 0.0667. The van der Waals surface area contributed by atoms with Crippen molar-refractivity contribution in [3.63, 3.8) is 0 Å². The molecule has 1 rings (SSSR count). The van der Waals surface area contributed by atoms with Gasteiger partial charge in [0, 0.05) is 0 Å². The quantitative estimate of drug-likeness (QED) is 0.724. The SMILES string of the molecule is Cc1cc(C(C)(O)C(F)(F)F)ccc1F. The van der Waals surface area contributed by atoms with Crippen molar-refractivity contribution in [2.45, 2.75) is 25.6 Å². The van der Waals surface area contributed by atoms with E-state index in [0.717, 1.165) is 18.2 Å². The number of benzene rings is 1. The summed E-state index contributed by atoms with van der Waals surface area (Å²) in [6.07, 6.45) is -4.78. The summed E-state index contributed by atoms with van der Waals surface area (Å²) < 4.78 is 50.0. The minimum atomic E-state index is -4.78. The third-order valence-electron chi connectivity index (χ3n) is 2.27. The van der Waals surface area contributed by atoms with Crippen LogP contribution in [0.4, 0.5) is 17.6 Å². The van der Waals surface area contributed by atoms with Gasteiger partial charge >= 0.3 is 6.18 Å². The van der Waals surface area contributed by atoms with Crippen LogP contribution in [0.3, 0.4) is 0 Å². The van der Waals surface area contributed by atoms with Gasteiger partial charge in [0.25, 0.3) is 0 Å². The number of aliphatic hydroxyl groups is 1. The first-order valence-corrected chi connectivity index (χ1v) is 4.22. The lowest BCUT2D eigenvalue weighted by molar-refractivity contribution is -0.258. The van der Waals surface area contributed by atoms with Gasteiger partial charge in [-0.15, -0.1) is 0 Å². The second kappa shape index (κ2) is 3.48. The van der Waals surface area contributed by atoms with E-state index in [1.165, 1.54) is 6.92 Å². The zero-order valence-corrected chi connectivity index (χ0v) is 8.19. The topological polar surface area (TPSA) is 20.2 Å². The molecule has 5 heteroatoms. The minimum Gasteiger partial charge on any atom is -0.376 e. The van der Waals surface area contributed by atoms with Crippen molar-refractivity contribution >= 4 is 0 Å². The predicted octanol–water partition coefficient (Wildman–Crippen LogP) is 2.90. The lowest BCUT2D eigenvalue weighted by atomic mass is 9.94. The van der Waals surface area contributed by atoms with Crippen molar-refractivity contribution < 1.29 is 22.7 Å². The predicted molar refractivity (Wildman–Crippen MR) is 46.8 cm³/mol. The average Bonchev–Trinajstić information content (AvgIpc) is 2.07. The van der Waals surface area contributed by atoms with Gasteiger partial charge in [-0.2, -0.15) is 13.2 Å². The molecule has 0 saturated carbocycles. The summed E-state index contributed by atoms with van der Waals surface area (Å²) >= 11 is 0. The summed E-state index contributed by atoms with van der Waals surface area (Å²) in [5.41, 5.74) is -3.25.